The number of aliphatic carboxylic acids is 1. The molecule has 142 valence electrons. The van der Waals surface area contributed by atoms with Crippen LogP contribution in [0.2, 0.25) is 0 Å². The van der Waals surface area contributed by atoms with E-state index in [1.165, 1.54) is 29.3 Å². The van der Waals surface area contributed by atoms with Crippen LogP contribution >= 0.6 is 23.1 Å². The highest BCUT2D eigenvalue weighted by Gasteiger charge is 2.54. The summed E-state index contributed by atoms with van der Waals surface area (Å²) in [5, 5.41) is 20.6. The highest BCUT2D eigenvalue weighted by molar-refractivity contribution is 8.00. The van der Waals surface area contributed by atoms with Crippen LogP contribution in [-0.2, 0) is 20.8 Å². The van der Waals surface area contributed by atoms with Gasteiger partial charge in [0.05, 0.1) is 12.6 Å². The Morgan fingerprint density at radius 3 is 2.85 bits per heavy atom. The van der Waals surface area contributed by atoms with E-state index in [1.807, 2.05) is 17.5 Å². The van der Waals surface area contributed by atoms with Crippen LogP contribution in [0.4, 0.5) is 0 Å². The summed E-state index contributed by atoms with van der Waals surface area (Å²) in [6.45, 7) is 0. The zero-order chi connectivity index (χ0) is 19.6. The van der Waals surface area contributed by atoms with Crippen LogP contribution in [0, 0.1) is 0 Å². The predicted octanol–water partition coefficient (Wildman–Crippen LogP) is -0.712. The van der Waals surface area contributed by atoms with Crippen molar-refractivity contribution in [3.8, 4) is 0 Å². The number of carboxylic acids is 1. The number of carboxylic acid groups (broad SMARTS) is 1. The van der Waals surface area contributed by atoms with E-state index < -0.39 is 23.3 Å². The van der Waals surface area contributed by atoms with Gasteiger partial charge in [0.2, 0.25) is 11.9 Å². The molecule has 0 bridgehead atoms. The molecule has 1 aromatic rings. The summed E-state index contributed by atoms with van der Waals surface area (Å²) in [6.07, 6.45) is 1.39. The van der Waals surface area contributed by atoms with Crippen molar-refractivity contribution in [1.82, 2.24) is 10.2 Å². The second-order valence-corrected chi connectivity index (χ2v) is 7.80. The zero-order valence-corrected chi connectivity index (χ0v) is 15.5. The van der Waals surface area contributed by atoms with Gasteiger partial charge in [-0.2, -0.15) is 5.10 Å². The number of carbonyl (C=O) groups is 3. The summed E-state index contributed by atoms with van der Waals surface area (Å²) < 4.78 is 0. The number of hydrogen-bond acceptors (Lipinski definition) is 7. The van der Waals surface area contributed by atoms with Gasteiger partial charge in [-0.15, -0.1) is 28.2 Å². The minimum Gasteiger partial charge on any atom is -0.477 e. The number of thiophene rings is 1. The number of hydrogen-bond donors (Lipinski definition) is 4. The topological polar surface area (TPSA) is 163 Å². The largest absolute Gasteiger partial charge is 0.477 e. The molecule has 0 aromatic carbocycles. The Kier molecular flexibility index (Phi) is 5.46. The molecule has 1 saturated heterocycles. The minimum absolute atomic E-state index is 0.177. The number of amides is 2. The van der Waals surface area contributed by atoms with E-state index in [0.29, 0.717) is 5.57 Å². The fourth-order valence-corrected chi connectivity index (χ4v) is 4.70. The lowest BCUT2D eigenvalue weighted by Gasteiger charge is -2.49. The van der Waals surface area contributed by atoms with Gasteiger partial charge in [-0.1, -0.05) is 6.07 Å². The maximum Gasteiger partial charge on any atom is 0.353 e. The van der Waals surface area contributed by atoms with Crippen molar-refractivity contribution in [3.63, 3.8) is 0 Å². The first kappa shape index (κ1) is 18.9. The lowest BCUT2D eigenvalue weighted by molar-refractivity contribution is -0.150. The average molecular weight is 408 g/mol. The Morgan fingerprint density at radius 1 is 1.44 bits per heavy atom. The van der Waals surface area contributed by atoms with Crippen molar-refractivity contribution in [2.45, 2.75) is 17.8 Å². The number of nitrogens with zero attached hydrogens (tertiary/aromatic N) is 3. The molecule has 12 heteroatoms. The quantitative estimate of drug-likeness (QED) is 0.209. The number of fused-ring (bicyclic) bond motifs is 1. The standard InChI is InChI=1S/C15H16N6O4S2/c16-15(17)20-18-5-7-6-27-13-10(12(23)21(13)11(7)14(24)25)19-9(22)4-8-2-1-3-26-8/h1-3,5,10,13H,4,6H2,(H,19,22)(H,24,25)(H4,16,17,20)/t10?,13-/m1/s1. The van der Waals surface area contributed by atoms with E-state index in [9.17, 15) is 19.5 Å². The molecule has 6 N–H and O–H groups in total. The molecule has 0 saturated carbocycles. The van der Waals surface area contributed by atoms with Gasteiger partial charge in [-0.25, -0.2) is 4.79 Å². The van der Waals surface area contributed by atoms with Crippen molar-refractivity contribution < 1.29 is 19.5 Å². The van der Waals surface area contributed by atoms with Crippen LogP contribution in [0.1, 0.15) is 4.88 Å². The van der Waals surface area contributed by atoms with Gasteiger partial charge in [-0.05, 0) is 11.4 Å². The first-order valence-electron chi connectivity index (χ1n) is 7.73. The molecule has 0 aliphatic carbocycles. The SMILES string of the molecule is NC(N)=NN=CC1=C(C(=O)O)N2C(=O)C(NC(=O)Cc3cccs3)[C@H]2SC1. The van der Waals surface area contributed by atoms with Gasteiger partial charge >= 0.3 is 5.97 Å². The molecular formula is C15H16N6O4S2. The second kappa shape index (κ2) is 7.80. The summed E-state index contributed by atoms with van der Waals surface area (Å²) in [7, 11) is 0. The number of nitrogens with one attached hydrogen (secondary N) is 1. The van der Waals surface area contributed by atoms with E-state index in [2.05, 4.69) is 15.5 Å². The molecule has 27 heavy (non-hydrogen) atoms. The molecular weight excluding hydrogens is 392 g/mol. The first-order chi connectivity index (χ1) is 12.9. The monoisotopic (exact) mass is 408 g/mol. The molecule has 2 amide bonds. The summed E-state index contributed by atoms with van der Waals surface area (Å²) in [4.78, 5) is 38.3. The van der Waals surface area contributed by atoms with E-state index in [0.717, 1.165) is 9.78 Å². The third kappa shape index (κ3) is 3.95. The molecule has 1 unspecified atom stereocenters. The fraction of sp³-hybridized carbons (Fsp3) is 0.267. The number of carbonyl (C=O) groups excluding carboxylic acids is 2. The molecule has 1 fully saturated rings. The second-order valence-electron chi connectivity index (χ2n) is 5.66. The molecule has 2 atom stereocenters. The third-order valence-electron chi connectivity index (χ3n) is 3.82. The zero-order valence-electron chi connectivity index (χ0n) is 13.9. The Balaban J connectivity index is 1.73. The van der Waals surface area contributed by atoms with Crippen LogP contribution in [0.3, 0.4) is 0 Å². The Labute approximate surface area is 162 Å². The number of β-lactam (4-membered cyclic amide) rings is 1. The van der Waals surface area contributed by atoms with Crippen molar-refractivity contribution >= 4 is 53.1 Å². The first-order valence-corrected chi connectivity index (χ1v) is 9.66. The van der Waals surface area contributed by atoms with Crippen LogP contribution in [0.5, 0.6) is 0 Å². The normalized spacial score (nSPS) is 21.6. The molecule has 3 rings (SSSR count). The molecule has 0 radical (unpaired) electrons. The minimum atomic E-state index is -1.26. The smallest absolute Gasteiger partial charge is 0.353 e. The number of nitrogens with two attached hydrogens (primary N) is 2. The van der Waals surface area contributed by atoms with Gasteiger partial charge in [0.25, 0.3) is 5.91 Å². The van der Waals surface area contributed by atoms with Crippen LogP contribution < -0.4 is 16.8 Å². The number of rotatable bonds is 6. The Hall–Kier alpha value is -2.86. The molecule has 0 spiro atoms. The van der Waals surface area contributed by atoms with Crippen molar-refractivity contribution in [2.24, 2.45) is 21.7 Å². The highest BCUT2D eigenvalue weighted by Crippen LogP contribution is 2.39. The van der Waals surface area contributed by atoms with E-state index in [4.69, 9.17) is 11.5 Å². The van der Waals surface area contributed by atoms with Crippen LogP contribution in [0.25, 0.3) is 0 Å². The molecule has 3 heterocycles. The number of thioether (sulfide) groups is 1. The molecule has 2 aliphatic heterocycles. The third-order valence-corrected chi connectivity index (χ3v) is 6.00. The van der Waals surface area contributed by atoms with Crippen molar-refractivity contribution in [1.29, 1.82) is 0 Å². The van der Waals surface area contributed by atoms with Gasteiger partial charge in [0, 0.05) is 16.2 Å². The molecule has 1 aromatic heterocycles. The Morgan fingerprint density at radius 2 is 2.22 bits per heavy atom. The summed E-state index contributed by atoms with van der Waals surface area (Å²) in [6, 6.07) is 2.92. The van der Waals surface area contributed by atoms with Gasteiger partial charge in [0.1, 0.15) is 17.1 Å². The average Bonchev–Trinajstić information content (AvgIpc) is 3.11. The van der Waals surface area contributed by atoms with Crippen molar-refractivity contribution in [3.05, 3.63) is 33.7 Å². The number of guanidine groups is 1. The van der Waals surface area contributed by atoms with Gasteiger partial charge in [0.15, 0.2) is 0 Å². The van der Waals surface area contributed by atoms with E-state index in [-0.39, 0.29) is 29.7 Å². The predicted molar refractivity (Wildman–Crippen MR) is 102 cm³/mol. The van der Waals surface area contributed by atoms with E-state index in [1.54, 1.807) is 0 Å². The lowest BCUT2D eigenvalue weighted by Crippen LogP contribution is -2.70. The fourth-order valence-electron chi connectivity index (χ4n) is 2.70. The van der Waals surface area contributed by atoms with Crippen molar-refractivity contribution in [2.75, 3.05) is 5.75 Å². The van der Waals surface area contributed by atoms with Crippen LogP contribution in [-0.4, -0.2) is 57.1 Å². The molecule has 2 aliphatic rings. The summed E-state index contributed by atoms with van der Waals surface area (Å²) >= 11 is 2.78. The maximum atomic E-state index is 12.5. The van der Waals surface area contributed by atoms with Gasteiger partial charge in [-0.3, -0.25) is 14.5 Å². The lowest BCUT2D eigenvalue weighted by atomic mass is 10.0. The highest BCUT2D eigenvalue weighted by atomic mass is 32.2. The van der Waals surface area contributed by atoms with Gasteiger partial charge < -0.3 is 21.9 Å². The molecule has 10 nitrogen and oxygen atoms in total. The Bertz CT molecular complexity index is 860. The summed E-state index contributed by atoms with van der Waals surface area (Å²) in [5.41, 5.74) is 10.5. The van der Waals surface area contributed by atoms with E-state index >= 15 is 0 Å². The van der Waals surface area contributed by atoms with Crippen LogP contribution in [0.15, 0.2) is 39.0 Å². The summed E-state index contributed by atoms with van der Waals surface area (Å²) in [5.74, 6) is -1.99. The maximum absolute atomic E-state index is 12.5.